The highest BCUT2D eigenvalue weighted by atomic mass is 16.1. The maximum Gasteiger partial charge on any atom is 0.255 e. The van der Waals surface area contributed by atoms with E-state index in [0.717, 1.165) is 40.8 Å². The van der Waals surface area contributed by atoms with Crippen molar-refractivity contribution in [1.29, 1.82) is 0 Å². The number of hydrogen-bond acceptors (Lipinski definition) is 2. The highest BCUT2D eigenvalue weighted by Crippen LogP contribution is 2.24. The molecule has 0 aliphatic rings. The number of hydrogen-bond donors (Lipinski definition) is 1. The summed E-state index contributed by atoms with van der Waals surface area (Å²) in [5, 5.41) is 5.28. The number of anilines is 2. The molecule has 25 heavy (non-hydrogen) atoms. The molecular weight excluding hydrogens is 308 g/mol. The fourth-order valence-electron chi connectivity index (χ4n) is 3.06. The summed E-state index contributed by atoms with van der Waals surface area (Å²) in [6.07, 6.45) is 0. The lowest BCUT2D eigenvalue weighted by Gasteiger charge is -2.22. The molecular formula is C22H24N2O. The average molecular weight is 332 g/mol. The molecule has 3 nitrogen and oxygen atoms in total. The van der Waals surface area contributed by atoms with E-state index in [1.165, 1.54) is 0 Å². The Morgan fingerprint density at radius 1 is 0.920 bits per heavy atom. The van der Waals surface area contributed by atoms with E-state index in [1.807, 2.05) is 43.3 Å². The van der Waals surface area contributed by atoms with Crippen molar-refractivity contribution in [2.45, 2.75) is 20.8 Å². The van der Waals surface area contributed by atoms with Crippen LogP contribution < -0.4 is 10.2 Å². The van der Waals surface area contributed by atoms with Gasteiger partial charge in [-0.2, -0.15) is 0 Å². The van der Waals surface area contributed by atoms with E-state index < -0.39 is 0 Å². The summed E-state index contributed by atoms with van der Waals surface area (Å²) in [6, 6.07) is 20.1. The van der Waals surface area contributed by atoms with E-state index in [9.17, 15) is 4.79 Å². The van der Waals surface area contributed by atoms with E-state index in [1.54, 1.807) is 0 Å². The molecule has 0 heterocycles. The second kappa shape index (κ2) is 7.39. The molecule has 128 valence electrons. The zero-order valence-corrected chi connectivity index (χ0v) is 15.0. The van der Waals surface area contributed by atoms with E-state index in [-0.39, 0.29) is 5.91 Å². The van der Waals surface area contributed by atoms with Gasteiger partial charge < -0.3 is 10.2 Å². The minimum absolute atomic E-state index is 0.0782. The van der Waals surface area contributed by atoms with Gasteiger partial charge in [0, 0.05) is 30.0 Å². The van der Waals surface area contributed by atoms with Crippen molar-refractivity contribution in [3.63, 3.8) is 0 Å². The van der Waals surface area contributed by atoms with Gasteiger partial charge in [-0.05, 0) is 61.4 Å². The van der Waals surface area contributed by atoms with E-state index in [0.29, 0.717) is 5.56 Å². The van der Waals surface area contributed by atoms with Crippen LogP contribution in [0.2, 0.25) is 0 Å². The van der Waals surface area contributed by atoms with E-state index in [4.69, 9.17) is 0 Å². The maximum absolute atomic E-state index is 12.7. The Hall–Kier alpha value is -2.81. The Morgan fingerprint density at radius 3 is 2.36 bits per heavy atom. The number of amides is 1. The van der Waals surface area contributed by atoms with Crippen molar-refractivity contribution in [2.75, 3.05) is 23.3 Å². The first-order valence-corrected chi connectivity index (χ1v) is 8.78. The number of fused-ring (bicyclic) bond motifs is 1. The molecule has 0 fully saturated rings. The number of nitrogens with one attached hydrogen (secondary N) is 1. The highest BCUT2D eigenvalue weighted by Gasteiger charge is 2.10. The summed E-state index contributed by atoms with van der Waals surface area (Å²) in [4.78, 5) is 15.0. The van der Waals surface area contributed by atoms with Gasteiger partial charge in [-0.25, -0.2) is 0 Å². The van der Waals surface area contributed by atoms with Crippen LogP contribution in [0.1, 0.15) is 29.8 Å². The Morgan fingerprint density at radius 2 is 1.64 bits per heavy atom. The molecule has 0 aromatic heterocycles. The van der Waals surface area contributed by atoms with Crippen molar-refractivity contribution >= 4 is 28.1 Å². The van der Waals surface area contributed by atoms with Crippen LogP contribution in [-0.2, 0) is 0 Å². The molecule has 0 bridgehead atoms. The van der Waals surface area contributed by atoms with Crippen molar-refractivity contribution < 1.29 is 4.79 Å². The summed E-state index contributed by atoms with van der Waals surface area (Å²) < 4.78 is 0. The first kappa shape index (κ1) is 17.0. The Labute approximate surface area is 149 Å². The second-order valence-electron chi connectivity index (χ2n) is 6.19. The third-order valence-corrected chi connectivity index (χ3v) is 4.61. The lowest BCUT2D eigenvalue weighted by atomic mass is 10.1. The molecule has 0 spiro atoms. The predicted octanol–water partition coefficient (Wildman–Crippen LogP) is 5.25. The summed E-state index contributed by atoms with van der Waals surface area (Å²) in [7, 11) is 0. The smallest absolute Gasteiger partial charge is 0.255 e. The van der Waals surface area contributed by atoms with Gasteiger partial charge >= 0.3 is 0 Å². The fraction of sp³-hybridized carbons (Fsp3) is 0.227. The van der Waals surface area contributed by atoms with E-state index >= 15 is 0 Å². The molecule has 0 atom stereocenters. The van der Waals surface area contributed by atoms with E-state index in [2.05, 4.69) is 48.3 Å². The molecule has 3 aromatic rings. The number of benzene rings is 3. The van der Waals surface area contributed by atoms with Crippen LogP contribution in [0.5, 0.6) is 0 Å². The van der Waals surface area contributed by atoms with Crippen LogP contribution in [-0.4, -0.2) is 19.0 Å². The third kappa shape index (κ3) is 3.66. The predicted molar refractivity (Wildman–Crippen MR) is 107 cm³/mol. The number of carbonyl (C=O) groups excluding carboxylic acids is 1. The molecule has 0 saturated carbocycles. The zero-order chi connectivity index (χ0) is 17.8. The van der Waals surface area contributed by atoms with Gasteiger partial charge in [-0.1, -0.05) is 36.4 Å². The number of nitrogens with zero attached hydrogens (tertiary/aromatic N) is 1. The van der Waals surface area contributed by atoms with Crippen LogP contribution in [0.15, 0.2) is 60.7 Å². The topological polar surface area (TPSA) is 32.3 Å². The van der Waals surface area contributed by atoms with Crippen molar-refractivity contribution in [3.05, 3.63) is 71.8 Å². The van der Waals surface area contributed by atoms with Crippen molar-refractivity contribution in [2.24, 2.45) is 0 Å². The number of rotatable bonds is 5. The van der Waals surface area contributed by atoms with Gasteiger partial charge in [-0.15, -0.1) is 0 Å². The van der Waals surface area contributed by atoms with Crippen LogP contribution in [0.4, 0.5) is 11.4 Å². The van der Waals surface area contributed by atoms with Gasteiger partial charge in [0.25, 0.3) is 5.91 Å². The van der Waals surface area contributed by atoms with Crippen LogP contribution >= 0.6 is 0 Å². The maximum atomic E-state index is 12.7. The molecule has 1 amide bonds. The first-order chi connectivity index (χ1) is 12.1. The van der Waals surface area contributed by atoms with Gasteiger partial charge in [0.1, 0.15) is 0 Å². The third-order valence-electron chi connectivity index (χ3n) is 4.61. The summed E-state index contributed by atoms with van der Waals surface area (Å²) >= 11 is 0. The van der Waals surface area contributed by atoms with Crippen molar-refractivity contribution in [1.82, 2.24) is 0 Å². The lowest BCUT2D eigenvalue weighted by Crippen LogP contribution is -2.22. The fourth-order valence-corrected chi connectivity index (χ4v) is 3.06. The standard InChI is InChI=1S/C22H24N2O/c1-4-24(5-2)20-13-10-16(3)21(15-20)23-22(25)19-12-11-17-8-6-7-9-18(17)14-19/h6-15H,4-5H2,1-3H3,(H,23,25). The first-order valence-electron chi connectivity index (χ1n) is 8.78. The molecule has 1 N–H and O–H groups in total. The summed E-state index contributed by atoms with van der Waals surface area (Å²) in [6.45, 7) is 8.17. The molecule has 0 saturated heterocycles. The Kier molecular flexibility index (Phi) is 5.03. The molecule has 3 heteroatoms. The zero-order valence-electron chi connectivity index (χ0n) is 15.0. The van der Waals surface area contributed by atoms with Gasteiger partial charge in [-0.3, -0.25) is 4.79 Å². The summed E-state index contributed by atoms with van der Waals surface area (Å²) in [5.74, 6) is -0.0782. The molecule has 3 aromatic carbocycles. The number of aryl methyl sites for hydroxylation is 1. The van der Waals surface area contributed by atoms with Gasteiger partial charge in [0.15, 0.2) is 0 Å². The molecule has 0 unspecified atom stereocenters. The minimum Gasteiger partial charge on any atom is -0.372 e. The monoisotopic (exact) mass is 332 g/mol. The quantitative estimate of drug-likeness (QED) is 0.692. The van der Waals surface area contributed by atoms with Gasteiger partial charge in [0.2, 0.25) is 0 Å². The van der Waals surface area contributed by atoms with Crippen molar-refractivity contribution in [3.8, 4) is 0 Å². The summed E-state index contributed by atoms with van der Waals surface area (Å²) in [5.41, 5.74) is 3.73. The Balaban J connectivity index is 1.87. The molecule has 0 aliphatic heterocycles. The molecule has 0 aliphatic carbocycles. The number of carbonyl (C=O) groups is 1. The lowest BCUT2D eigenvalue weighted by molar-refractivity contribution is 0.102. The molecule has 0 radical (unpaired) electrons. The molecule has 3 rings (SSSR count). The van der Waals surface area contributed by atoms with Crippen LogP contribution in [0.25, 0.3) is 10.8 Å². The van der Waals surface area contributed by atoms with Crippen LogP contribution in [0, 0.1) is 6.92 Å². The Bertz CT molecular complexity index is 897. The highest BCUT2D eigenvalue weighted by molar-refractivity contribution is 6.07. The van der Waals surface area contributed by atoms with Gasteiger partial charge in [0.05, 0.1) is 0 Å². The average Bonchev–Trinajstić information content (AvgIpc) is 2.64. The second-order valence-corrected chi connectivity index (χ2v) is 6.19. The minimum atomic E-state index is -0.0782. The SMILES string of the molecule is CCN(CC)c1ccc(C)c(NC(=O)c2ccc3ccccc3c2)c1. The van der Waals surface area contributed by atoms with Crippen LogP contribution in [0.3, 0.4) is 0 Å². The normalized spacial score (nSPS) is 10.7. The largest absolute Gasteiger partial charge is 0.372 e.